The lowest BCUT2D eigenvalue weighted by Crippen LogP contribution is -2.28. The minimum Gasteiger partial charge on any atom is -0.354 e. The third kappa shape index (κ3) is 4.24. The number of hydrogen-bond acceptors (Lipinski definition) is 4. The number of hydrogen-bond donors (Lipinski definition) is 1. The highest BCUT2D eigenvalue weighted by Crippen LogP contribution is 2.18. The zero-order valence-corrected chi connectivity index (χ0v) is 16.4. The highest BCUT2D eigenvalue weighted by molar-refractivity contribution is 5.76. The molecule has 3 aromatic heterocycles. The molecule has 0 fully saturated rings. The Morgan fingerprint density at radius 3 is 2.70 bits per heavy atom. The van der Waals surface area contributed by atoms with Crippen molar-refractivity contribution >= 4 is 5.91 Å². The molecule has 142 valence electrons. The first-order chi connectivity index (χ1) is 13.0. The summed E-state index contributed by atoms with van der Waals surface area (Å²) in [5, 5.41) is 7.41. The van der Waals surface area contributed by atoms with Gasteiger partial charge in [-0.1, -0.05) is 0 Å². The molecule has 27 heavy (non-hydrogen) atoms. The van der Waals surface area contributed by atoms with Gasteiger partial charge < -0.3 is 9.88 Å². The summed E-state index contributed by atoms with van der Waals surface area (Å²) in [7, 11) is 1.93. The second kappa shape index (κ2) is 8.16. The molecule has 7 heteroatoms. The fourth-order valence-corrected chi connectivity index (χ4v) is 3.28. The van der Waals surface area contributed by atoms with Crippen LogP contribution in [0.25, 0.3) is 11.4 Å². The van der Waals surface area contributed by atoms with Gasteiger partial charge in [-0.25, -0.2) is 4.98 Å². The second-order valence-electron chi connectivity index (χ2n) is 6.74. The highest BCUT2D eigenvalue weighted by atomic mass is 16.1. The highest BCUT2D eigenvalue weighted by Gasteiger charge is 2.12. The van der Waals surface area contributed by atoms with Crippen LogP contribution in [0.3, 0.4) is 0 Å². The van der Waals surface area contributed by atoms with Gasteiger partial charge in [-0.3, -0.25) is 14.5 Å². The minimum atomic E-state index is 0.0540. The maximum atomic E-state index is 12.2. The Balaban J connectivity index is 1.54. The summed E-state index contributed by atoms with van der Waals surface area (Å²) in [5.74, 6) is 0.926. The largest absolute Gasteiger partial charge is 0.354 e. The SMILES string of the molecule is Cc1nn(C)c(C)c1CCC(=O)NCCn1c(C)cnc1-c1cccnc1. The molecule has 0 aromatic carbocycles. The summed E-state index contributed by atoms with van der Waals surface area (Å²) in [6.45, 7) is 7.28. The van der Waals surface area contributed by atoms with Crippen LogP contribution in [0.5, 0.6) is 0 Å². The molecule has 3 rings (SSSR count). The molecule has 1 amide bonds. The van der Waals surface area contributed by atoms with Gasteiger partial charge in [0, 0.05) is 62.1 Å². The van der Waals surface area contributed by atoms with E-state index < -0.39 is 0 Å². The summed E-state index contributed by atoms with van der Waals surface area (Å²) in [6, 6.07) is 3.89. The Kier molecular flexibility index (Phi) is 5.69. The molecule has 0 spiro atoms. The Bertz CT molecular complexity index is 926. The first-order valence-electron chi connectivity index (χ1n) is 9.15. The number of imidazole rings is 1. The van der Waals surface area contributed by atoms with Crippen molar-refractivity contribution < 1.29 is 4.79 Å². The summed E-state index contributed by atoms with van der Waals surface area (Å²) >= 11 is 0. The average molecular weight is 366 g/mol. The number of aromatic nitrogens is 5. The van der Waals surface area contributed by atoms with Crippen molar-refractivity contribution in [2.75, 3.05) is 6.54 Å². The van der Waals surface area contributed by atoms with Crippen molar-refractivity contribution in [2.24, 2.45) is 7.05 Å². The number of pyridine rings is 1. The molecule has 0 saturated carbocycles. The van der Waals surface area contributed by atoms with Gasteiger partial charge in [-0.05, 0) is 44.9 Å². The van der Waals surface area contributed by atoms with Crippen molar-refractivity contribution in [3.63, 3.8) is 0 Å². The fourth-order valence-electron chi connectivity index (χ4n) is 3.28. The average Bonchev–Trinajstić information content (AvgIpc) is 3.14. The Labute approximate surface area is 159 Å². The van der Waals surface area contributed by atoms with Crippen molar-refractivity contribution in [1.29, 1.82) is 0 Å². The fraction of sp³-hybridized carbons (Fsp3) is 0.400. The Morgan fingerprint density at radius 2 is 2.04 bits per heavy atom. The van der Waals surface area contributed by atoms with Crippen LogP contribution in [0.15, 0.2) is 30.7 Å². The summed E-state index contributed by atoms with van der Waals surface area (Å²) in [4.78, 5) is 20.9. The predicted molar refractivity (Wildman–Crippen MR) is 104 cm³/mol. The Hall–Kier alpha value is -2.96. The van der Waals surface area contributed by atoms with E-state index in [9.17, 15) is 4.79 Å². The van der Waals surface area contributed by atoms with Gasteiger partial charge in [-0.15, -0.1) is 0 Å². The van der Waals surface area contributed by atoms with Gasteiger partial charge in [-0.2, -0.15) is 5.10 Å². The summed E-state index contributed by atoms with van der Waals surface area (Å²) in [5.41, 5.74) is 5.31. The zero-order valence-electron chi connectivity index (χ0n) is 16.4. The number of carbonyl (C=O) groups is 1. The van der Waals surface area contributed by atoms with Gasteiger partial charge in [0.1, 0.15) is 5.82 Å². The van der Waals surface area contributed by atoms with Crippen molar-refractivity contribution in [1.82, 2.24) is 29.6 Å². The Morgan fingerprint density at radius 1 is 1.22 bits per heavy atom. The third-order valence-corrected chi connectivity index (χ3v) is 4.89. The molecule has 3 aromatic rings. The van der Waals surface area contributed by atoms with E-state index in [4.69, 9.17) is 0 Å². The van der Waals surface area contributed by atoms with Crippen LogP contribution < -0.4 is 5.32 Å². The summed E-state index contributed by atoms with van der Waals surface area (Å²) < 4.78 is 3.97. The molecule has 1 N–H and O–H groups in total. The van der Waals surface area contributed by atoms with Crippen LogP contribution >= 0.6 is 0 Å². The van der Waals surface area contributed by atoms with Crippen molar-refractivity contribution in [3.8, 4) is 11.4 Å². The maximum absolute atomic E-state index is 12.2. The molecule has 0 bridgehead atoms. The van der Waals surface area contributed by atoms with Crippen LogP contribution in [0.2, 0.25) is 0 Å². The van der Waals surface area contributed by atoms with Gasteiger partial charge in [0.2, 0.25) is 5.91 Å². The van der Waals surface area contributed by atoms with Gasteiger partial charge in [0.05, 0.1) is 5.69 Å². The maximum Gasteiger partial charge on any atom is 0.220 e. The lowest BCUT2D eigenvalue weighted by atomic mass is 10.1. The van der Waals surface area contributed by atoms with Gasteiger partial charge in [0.15, 0.2) is 0 Å². The number of amides is 1. The molecular formula is C20H26N6O. The standard InChI is InChI=1S/C20H26N6O/c1-14-12-23-20(17-6-5-9-21-13-17)26(14)11-10-22-19(27)8-7-18-15(2)24-25(4)16(18)3/h5-6,9,12-13H,7-8,10-11H2,1-4H3,(H,22,27). The molecule has 0 unspecified atom stereocenters. The van der Waals surface area contributed by atoms with E-state index in [2.05, 4.69) is 25.0 Å². The monoisotopic (exact) mass is 366 g/mol. The number of nitrogens with one attached hydrogen (secondary N) is 1. The summed E-state index contributed by atoms with van der Waals surface area (Å²) in [6.07, 6.45) is 6.57. The quantitative estimate of drug-likeness (QED) is 0.696. The van der Waals surface area contributed by atoms with Crippen molar-refractivity contribution in [2.45, 2.75) is 40.2 Å². The van der Waals surface area contributed by atoms with Gasteiger partial charge >= 0.3 is 0 Å². The number of aryl methyl sites for hydroxylation is 3. The first-order valence-corrected chi connectivity index (χ1v) is 9.15. The van der Waals surface area contributed by atoms with E-state index in [1.54, 1.807) is 12.4 Å². The van der Waals surface area contributed by atoms with Crippen LogP contribution in [0.1, 0.15) is 29.1 Å². The number of rotatable bonds is 7. The van der Waals surface area contributed by atoms with E-state index in [0.29, 0.717) is 25.9 Å². The van der Waals surface area contributed by atoms with E-state index in [1.807, 2.05) is 50.8 Å². The number of carbonyl (C=O) groups excluding carboxylic acids is 1. The van der Waals surface area contributed by atoms with Crippen LogP contribution in [0.4, 0.5) is 0 Å². The lowest BCUT2D eigenvalue weighted by Gasteiger charge is -2.11. The molecule has 0 saturated heterocycles. The predicted octanol–water partition coefficient (Wildman–Crippen LogP) is 2.35. The topological polar surface area (TPSA) is 77.6 Å². The first kappa shape index (κ1) is 18.8. The molecule has 0 aliphatic rings. The van der Waals surface area contributed by atoms with E-state index in [1.165, 1.54) is 0 Å². The normalized spacial score (nSPS) is 11.0. The van der Waals surface area contributed by atoms with Crippen LogP contribution in [0, 0.1) is 20.8 Å². The number of nitrogens with zero attached hydrogens (tertiary/aromatic N) is 5. The molecule has 0 aliphatic heterocycles. The minimum absolute atomic E-state index is 0.0540. The van der Waals surface area contributed by atoms with E-state index >= 15 is 0 Å². The molecule has 3 heterocycles. The molecule has 7 nitrogen and oxygen atoms in total. The van der Waals surface area contributed by atoms with E-state index in [-0.39, 0.29) is 5.91 Å². The third-order valence-electron chi connectivity index (χ3n) is 4.89. The molecule has 0 radical (unpaired) electrons. The van der Waals surface area contributed by atoms with Gasteiger partial charge in [0.25, 0.3) is 0 Å². The van der Waals surface area contributed by atoms with E-state index in [0.717, 1.165) is 34.0 Å². The molecule has 0 atom stereocenters. The van der Waals surface area contributed by atoms with Crippen LogP contribution in [-0.4, -0.2) is 36.8 Å². The zero-order chi connectivity index (χ0) is 19.4. The second-order valence-corrected chi connectivity index (χ2v) is 6.74. The van der Waals surface area contributed by atoms with Crippen LogP contribution in [-0.2, 0) is 24.8 Å². The van der Waals surface area contributed by atoms with Crippen molar-refractivity contribution in [3.05, 3.63) is 53.4 Å². The smallest absolute Gasteiger partial charge is 0.220 e. The molecule has 0 aliphatic carbocycles. The molecular weight excluding hydrogens is 340 g/mol. The lowest BCUT2D eigenvalue weighted by molar-refractivity contribution is -0.121.